The van der Waals surface area contributed by atoms with E-state index in [1.807, 2.05) is 30.3 Å². The number of ether oxygens (including phenoxy) is 1. The monoisotopic (exact) mass is 389 g/mol. The number of amides is 2. The maximum atomic E-state index is 12.3. The highest BCUT2D eigenvalue weighted by atomic mass is 16.5. The second-order valence-electron chi connectivity index (χ2n) is 6.50. The third-order valence-corrected chi connectivity index (χ3v) is 4.53. The summed E-state index contributed by atoms with van der Waals surface area (Å²) in [5, 5.41) is 8.69. The summed E-state index contributed by atoms with van der Waals surface area (Å²) >= 11 is 0. The molecule has 0 fully saturated rings. The van der Waals surface area contributed by atoms with Crippen molar-refractivity contribution in [3.05, 3.63) is 59.8 Å². The van der Waals surface area contributed by atoms with E-state index in [4.69, 9.17) is 4.74 Å². The number of aromatic nitrogens is 2. The van der Waals surface area contributed by atoms with Crippen LogP contribution in [0.1, 0.15) is 22.8 Å². The second-order valence-corrected chi connectivity index (χ2v) is 6.50. The minimum absolute atomic E-state index is 0.214. The van der Waals surface area contributed by atoms with E-state index in [-0.39, 0.29) is 11.8 Å². The smallest absolute Gasteiger partial charge is 0.254 e. The minimum Gasteiger partial charge on any atom is -0.497 e. The summed E-state index contributed by atoms with van der Waals surface area (Å²) in [7, 11) is 1.61. The van der Waals surface area contributed by atoms with E-state index >= 15 is 0 Å². The number of nitrogens with zero attached hydrogens (tertiary/aromatic N) is 2. The summed E-state index contributed by atoms with van der Waals surface area (Å²) in [5.74, 6) is 0.704. The average molecular weight is 389 g/mol. The Morgan fingerprint density at radius 2 is 2.07 bits per heavy atom. The van der Waals surface area contributed by atoms with Crippen molar-refractivity contribution >= 4 is 29.1 Å². The van der Waals surface area contributed by atoms with Crippen molar-refractivity contribution in [1.29, 1.82) is 0 Å². The molecule has 2 aromatic carbocycles. The van der Waals surface area contributed by atoms with Gasteiger partial charge in [0.1, 0.15) is 5.75 Å². The van der Waals surface area contributed by atoms with Crippen molar-refractivity contribution in [2.24, 2.45) is 0 Å². The summed E-state index contributed by atoms with van der Waals surface area (Å²) in [6, 6.07) is 12.8. The number of benzene rings is 2. The number of rotatable bonds is 5. The standard InChI is InChI=1S/C21H19N5O3/c1-12(27)24-18-7-6-15(16-11-23-20(28)19(16)18)17-8-9-22-21(26-17)25-13-4-3-5-14(10-13)29-2/h3-10H,11H2,1-2H3,(H,23,28)(H,24,27)(H,22,25,26). The van der Waals surface area contributed by atoms with Crippen molar-refractivity contribution in [2.45, 2.75) is 13.5 Å². The quantitative estimate of drug-likeness (QED) is 0.619. The fourth-order valence-electron chi connectivity index (χ4n) is 3.28. The number of nitrogens with one attached hydrogen (secondary N) is 3. The SMILES string of the molecule is COc1cccc(Nc2nccc(-c3ccc(NC(C)=O)c4c3CNC4=O)n2)c1. The van der Waals surface area contributed by atoms with Gasteiger partial charge in [0.15, 0.2) is 0 Å². The summed E-state index contributed by atoms with van der Waals surface area (Å²) in [5.41, 5.74) is 4.04. The molecule has 4 rings (SSSR count). The molecule has 3 N–H and O–H groups in total. The van der Waals surface area contributed by atoms with Crippen LogP contribution >= 0.6 is 0 Å². The molecule has 29 heavy (non-hydrogen) atoms. The number of hydrogen-bond acceptors (Lipinski definition) is 6. The molecule has 0 atom stereocenters. The molecular weight excluding hydrogens is 370 g/mol. The molecule has 1 aliphatic rings. The van der Waals surface area contributed by atoms with Crippen molar-refractivity contribution in [2.75, 3.05) is 17.7 Å². The van der Waals surface area contributed by atoms with E-state index in [1.54, 1.807) is 25.4 Å². The lowest BCUT2D eigenvalue weighted by atomic mass is 9.98. The Bertz CT molecular complexity index is 1110. The van der Waals surface area contributed by atoms with E-state index < -0.39 is 0 Å². The Balaban J connectivity index is 1.70. The third kappa shape index (κ3) is 3.73. The van der Waals surface area contributed by atoms with Crippen LogP contribution < -0.4 is 20.7 Å². The molecule has 0 unspecified atom stereocenters. The van der Waals surface area contributed by atoms with Crippen molar-refractivity contribution < 1.29 is 14.3 Å². The summed E-state index contributed by atoms with van der Waals surface area (Å²) < 4.78 is 5.24. The predicted molar refractivity (Wildman–Crippen MR) is 109 cm³/mol. The maximum absolute atomic E-state index is 12.3. The van der Waals surface area contributed by atoms with Gasteiger partial charge in [-0.15, -0.1) is 0 Å². The molecule has 0 aliphatic carbocycles. The van der Waals surface area contributed by atoms with Crippen LogP contribution in [0.2, 0.25) is 0 Å². The molecule has 2 heterocycles. The van der Waals surface area contributed by atoms with Gasteiger partial charge < -0.3 is 20.7 Å². The predicted octanol–water partition coefficient (Wildman–Crippen LogP) is 3.10. The van der Waals surface area contributed by atoms with Crippen molar-refractivity contribution in [3.8, 4) is 17.0 Å². The lowest BCUT2D eigenvalue weighted by Gasteiger charge is -2.12. The maximum Gasteiger partial charge on any atom is 0.254 e. The summed E-state index contributed by atoms with van der Waals surface area (Å²) in [6.07, 6.45) is 1.66. The summed E-state index contributed by atoms with van der Waals surface area (Å²) in [4.78, 5) is 32.6. The Kier molecular flexibility index (Phi) is 4.82. The zero-order valence-corrected chi connectivity index (χ0v) is 15.9. The van der Waals surface area contributed by atoms with E-state index in [9.17, 15) is 9.59 Å². The van der Waals surface area contributed by atoms with Gasteiger partial charge in [-0.2, -0.15) is 0 Å². The van der Waals surface area contributed by atoms with Crippen LogP contribution in [-0.4, -0.2) is 28.9 Å². The topological polar surface area (TPSA) is 105 Å². The van der Waals surface area contributed by atoms with Gasteiger partial charge in [0, 0.05) is 37.0 Å². The van der Waals surface area contributed by atoms with E-state index in [0.717, 1.165) is 22.6 Å². The van der Waals surface area contributed by atoms with Gasteiger partial charge in [-0.25, -0.2) is 9.97 Å². The van der Waals surface area contributed by atoms with E-state index in [0.29, 0.717) is 29.4 Å². The lowest BCUT2D eigenvalue weighted by molar-refractivity contribution is -0.114. The van der Waals surface area contributed by atoms with Crippen LogP contribution in [0.5, 0.6) is 5.75 Å². The Morgan fingerprint density at radius 3 is 2.86 bits per heavy atom. The molecule has 3 aromatic rings. The Labute approximate surface area is 167 Å². The molecule has 8 nitrogen and oxygen atoms in total. The first kappa shape index (κ1) is 18.4. The van der Waals surface area contributed by atoms with Crippen LogP contribution in [0.3, 0.4) is 0 Å². The number of hydrogen-bond donors (Lipinski definition) is 3. The van der Waals surface area contributed by atoms with Crippen molar-refractivity contribution in [3.63, 3.8) is 0 Å². The molecule has 146 valence electrons. The van der Waals surface area contributed by atoms with Gasteiger partial charge in [-0.3, -0.25) is 9.59 Å². The molecule has 0 spiro atoms. The molecule has 0 radical (unpaired) electrons. The van der Waals surface area contributed by atoms with Gasteiger partial charge in [0.25, 0.3) is 5.91 Å². The number of carbonyl (C=O) groups is 2. The highest BCUT2D eigenvalue weighted by molar-refractivity contribution is 6.08. The van der Waals surface area contributed by atoms with Gasteiger partial charge >= 0.3 is 0 Å². The molecule has 1 aliphatic heterocycles. The largest absolute Gasteiger partial charge is 0.497 e. The number of fused-ring (bicyclic) bond motifs is 1. The zero-order chi connectivity index (χ0) is 20.4. The highest BCUT2D eigenvalue weighted by Crippen LogP contribution is 2.33. The first-order valence-corrected chi connectivity index (χ1v) is 9.01. The number of carbonyl (C=O) groups excluding carboxylic acids is 2. The molecule has 0 saturated heterocycles. The number of methoxy groups -OCH3 is 1. The second kappa shape index (κ2) is 7.59. The Morgan fingerprint density at radius 1 is 1.21 bits per heavy atom. The fourth-order valence-corrected chi connectivity index (χ4v) is 3.28. The zero-order valence-electron chi connectivity index (χ0n) is 15.9. The lowest BCUT2D eigenvalue weighted by Crippen LogP contribution is -2.15. The average Bonchev–Trinajstić information content (AvgIpc) is 3.10. The molecule has 1 aromatic heterocycles. The minimum atomic E-state index is -0.230. The fraction of sp³-hybridized carbons (Fsp3) is 0.143. The highest BCUT2D eigenvalue weighted by Gasteiger charge is 2.26. The van der Waals surface area contributed by atoms with Crippen LogP contribution in [0, 0.1) is 0 Å². The molecular formula is C21H19N5O3. The van der Waals surface area contributed by atoms with Crippen LogP contribution in [-0.2, 0) is 11.3 Å². The van der Waals surface area contributed by atoms with Crippen LogP contribution in [0.15, 0.2) is 48.7 Å². The molecule has 2 amide bonds. The normalized spacial score (nSPS) is 12.1. The van der Waals surface area contributed by atoms with E-state index in [1.165, 1.54) is 6.92 Å². The van der Waals surface area contributed by atoms with Gasteiger partial charge in [0.2, 0.25) is 11.9 Å². The van der Waals surface area contributed by atoms with Gasteiger partial charge in [-0.05, 0) is 29.8 Å². The number of anilines is 3. The van der Waals surface area contributed by atoms with E-state index in [2.05, 4.69) is 25.9 Å². The van der Waals surface area contributed by atoms with Crippen LogP contribution in [0.4, 0.5) is 17.3 Å². The molecule has 0 bridgehead atoms. The van der Waals surface area contributed by atoms with Crippen molar-refractivity contribution in [1.82, 2.24) is 15.3 Å². The summed E-state index contributed by atoms with van der Waals surface area (Å²) in [6.45, 7) is 1.79. The first-order chi connectivity index (χ1) is 14.0. The Hall–Kier alpha value is -3.94. The first-order valence-electron chi connectivity index (χ1n) is 9.01. The van der Waals surface area contributed by atoms with Gasteiger partial charge in [-0.1, -0.05) is 12.1 Å². The third-order valence-electron chi connectivity index (χ3n) is 4.53. The van der Waals surface area contributed by atoms with Crippen LogP contribution in [0.25, 0.3) is 11.3 Å². The van der Waals surface area contributed by atoms with Gasteiger partial charge in [0.05, 0.1) is 24.1 Å². The molecule has 0 saturated carbocycles. The molecule has 8 heteroatoms.